The molecule has 0 saturated heterocycles. The molecular weight excluding hydrogens is 270 g/mol. The zero-order chi connectivity index (χ0) is 15.4. The normalized spacial score (nSPS) is 10.2. The van der Waals surface area contributed by atoms with Crippen molar-refractivity contribution in [3.63, 3.8) is 0 Å². The lowest BCUT2D eigenvalue weighted by atomic mass is 10.1. The van der Waals surface area contributed by atoms with Crippen molar-refractivity contribution in [2.24, 2.45) is 0 Å². The zero-order valence-corrected chi connectivity index (χ0v) is 11.8. The molecular formula is C15H15N3O3. The Bertz CT molecular complexity index is 671. The topological polar surface area (TPSA) is 76.3 Å². The third-order valence-electron chi connectivity index (χ3n) is 3.12. The molecule has 6 heteroatoms. The first-order valence-corrected chi connectivity index (χ1v) is 6.39. The minimum absolute atomic E-state index is 0.0823. The average Bonchev–Trinajstić information content (AvgIpc) is 2.47. The van der Waals surface area contributed by atoms with E-state index < -0.39 is 4.92 Å². The number of hydrogen-bond donors (Lipinski definition) is 0. The smallest absolute Gasteiger partial charge is 0.293 e. The molecule has 0 amide bonds. The SMILES string of the molecule is CC(=O)c1ccc(N(C)Cc2ccccn2)c([N+](=O)[O-])c1. The number of pyridine rings is 1. The lowest BCUT2D eigenvalue weighted by molar-refractivity contribution is -0.384. The molecule has 0 fully saturated rings. The summed E-state index contributed by atoms with van der Waals surface area (Å²) >= 11 is 0. The van der Waals surface area contributed by atoms with Crippen LogP contribution < -0.4 is 4.90 Å². The fraction of sp³-hybridized carbons (Fsp3) is 0.200. The van der Waals surface area contributed by atoms with E-state index >= 15 is 0 Å². The molecule has 21 heavy (non-hydrogen) atoms. The number of hydrogen-bond acceptors (Lipinski definition) is 5. The van der Waals surface area contributed by atoms with E-state index in [4.69, 9.17) is 0 Å². The molecule has 108 valence electrons. The monoisotopic (exact) mass is 285 g/mol. The van der Waals surface area contributed by atoms with Gasteiger partial charge in [-0.1, -0.05) is 6.07 Å². The third-order valence-corrected chi connectivity index (χ3v) is 3.12. The summed E-state index contributed by atoms with van der Waals surface area (Å²) < 4.78 is 0. The number of benzene rings is 1. The molecule has 0 atom stereocenters. The first kappa shape index (κ1) is 14.6. The first-order valence-electron chi connectivity index (χ1n) is 6.39. The number of nitro groups is 1. The highest BCUT2D eigenvalue weighted by atomic mass is 16.6. The van der Waals surface area contributed by atoms with Crippen LogP contribution in [0.1, 0.15) is 23.0 Å². The maximum atomic E-state index is 11.3. The quantitative estimate of drug-likeness (QED) is 0.479. The number of nitro benzene ring substituents is 1. The molecule has 2 rings (SSSR count). The molecule has 1 heterocycles. The Kier molecular flexibility index (Phi) is 4.27. The lowest BCUT2D eigenvalue weighted by Gasteiger charge is -2.19. The predicted octanol–water partition coefficient (Wildman–Crippen LogP) is 2.83. The van der Waals surface area contributed by atoms with Gasteiger partial charge in [-0.2, -0.15) is 0 Å². The van der Waals surface area contributed by atoms with E-state index in [1.54, 1.807) is 30.3 Å². The minimum atomic E-state index is -0.476. The number of rotatable bonds is 5. The van der Waals surface area contributed by atoms with E-state index in [9.17, 15) is 14.9 Å². The first-order chi connectivity index (χ1) is 9.99. The maximum Gasteiger partial charge on any atom is 0.293 e. The van der Waals surface area contributed by atoms with Gasteiger partial charge in [0.15, 0.2) is 5.78 Å². The summed E-state index contributed by atoms with van der Waals surface area (Å²) in [5.41, 5.74) is 1.51. The van der Waals surface area contributed by atoms with Crippen molar-refractivity contribution in [3.05, 3.63) is 64.0 Å². The third kappa shape index (κ3) is 3.42. The van der Waals surface area contributed by atoms with Gasteiger partial charge >= 0.3 is 0 Å². The molecule has 0 unspecified atom stereocenters. The fourth-order valence-corrected chi connectivity index (χ4v) is 2.03. The lowest BCUT2D eigenvalue weighted by Crippen LogP contribution is -2.18. The molecule has 0 bridgehead atoms. The van der Waals surface area contributed by atoms with Crippen LogP contribution >= 0.6 is 0 Å². The van der Waals surface area contributed by atoms with Gasteiger partial charge < -0.3 is 4.90 Å². The molecule has 1 aromatic carbocycles. The molecule has 0 aliphatic carbocycles. The molecule has 2 aromatic rings. The highest BCUT2D eigenvalue weighted by Crippen LogP contribution is 2.29. The van der Waals surface area contributed by atoms with Gasteiger partial charge in [-0.05, 0) is 31.2 Å². The van der Waals surface area contributed by atoms with Crippen LogP contribution in [0.25, 0.3) is 0 Å². The number of Topliss-reactive ketones (excluding diaryl/α,β-unsaturated/α-hetero) is 1. The van der Waals surface area contributed by atoms with Crippen molar-refractivity contribution >= 4 is 17.2 Å². The number of carbonyl (C=O) groups is 1. The van der Waals surface area contributed by atoms with Crippen LogP contribution in [0.3, 0.4) is 0 Å². The summed E-state index contributed by atoms with van der Waals surface area (Å²) in [4.78, 5) is 28.0. The number of aromatic nitrogens is 1. The molecule has 1 aromatic heterocycles. The van der Waals surface area contributed by atoms with Gasteiger partial charge in [0.2, 0.25) is 0 Å². The summed E-state index contributed by atoms with van der Waals surface area (Å²) in [6, 6.07) is 10.0. The maximum absolute atomic E-state index is 11.3. The van der Waals surface area contributed by atoms with Crippen molar-refractivity contribution < 1.29 is 9.72 Å². The zero-order valence-electron chi connectivity index (χ0n) is 11.8. The van der Waals surface area contributed by atoms with Gasteiger partial charge in [-0.15, -0.1) is 0 Å². The van der Waals surface area contributed by atoms with Crippen LogP contribution in [0.15, 0.2) is 42.6 Å². The van der Waals surface area contributed by atoms with Crippen molar-refractivity contribution in [2.45, 2.75) is 13.5 Å². The van der Waals surface area contributed by atoms with E-state index in [1.165, 1.54) is 13.0 Å². The van der Waals surface area contributed by atoms with E-state index in [-0.39, 0.29) is 11.5 Å². The standard InChI is InChI=1S/C15H15N3O3/c1-11(19)12-6-7-14(15(9-12)18(20)21)17(2)10-13-5-3-4-8-16-13/h3-9H,10H2,1-2H3. The molecule has 0 N–H and O–H groups in total. The largest absolute Gasteiger partial charge is 0.363 e. The Labute approximate surface area is 122 Å². The Balaban J connectivity index is 2.34. The van der Waals surface area contributed by atoms with Crippen LogP contribution in [-0.4, -0.2) is 22.7 Å². The predicted molar refractivity (Wildman–Crippen MR) is 79.4 cm³/mol. The van der Waals surface area contributed by atoms with Crippen molar-refractivity contribution in [2.75, 3.05) is 11.9 Å². The van der Waals surface area contributed by atoms with Crippen molar-refractivity contribution in [1.29, 1.82) is 0 Å². The number of anilines is 1. The Hall–Kier alpha value is -2.76. The second-order valence-electron chi connectivity index (χ2n) is 4.69. The van der Waals surface area contributed by atoms with E-state index in [0.29, 0.717) is 17.8 Å². The Morgan fingerprint density at radius 1 is 1.33 bits per heavy atom. The van der Waals surface area contributed by atoms with E-state index in [1.807, 2.05) is 18.2 Å². The molecule has 6 nitrogen and oxygen atoms in total. The van der Waals surface area contributed by atoms with E-state index in [2.05, 4.69) is 4.98 Å². The second-order valence-corrected chi connectivity index (χ2v) is 4.69. The highest BCUT2D eigenvalue weighted by Gasteiger charge is 2.19. The Morgan fingerprint density at radius 2 is 2.10 bits per heavy atom. The van der Waals surface area contributed by atoms with Crippen LogP contribution in [0.2, 0.25) is 0 Å². The van der Waals surface area contributed by atoms with Crippen LogP contribution in [0.5, 0.6) is 0 Å². The average molecular weight is 285 g/mol. The van der Waals surface area contributed by atoms with Crippen molar-refractivity contribution in [3.8, 4) is 0 Å². The van der Waals surface area contributed by atoms with Crippen LogP contribution in [-0.2, 0) is 6.54 Å². The van der Waals surface area contributed by atoms with Gasteiger partial charge in [0.05, 0.1) is 17.2 Å². The number of nitrogens with zero attached hydrogens (tertiary/aromatic N) is 3. The van der Waals surface area contributed by atoms with Crippen molar-refractivity contribution in [1.82, 2.24) is 4.98 Å². The van der Waals surface area contributed by atoms with Gasteiger partial charge in [-0.25, -0.2) is 0 Å². The molecule has 0 aliphatic rings. The van der Waals surface area contributed by atoms with Gasteiger partial charge in [0.1, 0.15) is 5.69 Å². The van der Waals surface area contributed by atoms with Gasteiger partial charge in [0, 0.05) is 24.9 Å². The van der Waals surface area contributed by atoms with Gasteiger partial charge in [0.25, 0.3) is 5.69 Å². The molecule has 0 aliphatic heterocycles. The van der Waals surface area contributed by atoms with Crippen LogP contribution in [0.4, 0.5) is 11.4 Å². The second kappa shape index (κ2) is 6.13. The Morgan fingerprint density at radius 3 is 2.67 bits per heavy atom. The summed E-state index contributed by atoms with van der Waals surface area (Å²) in [7, 11) is 1.75. The fourth-order valence-electron chi connectivity index (χ4n) is 2.03. The summed E-state index contributed by atoms with van der Waals surface area (Å²) in [5.74, 6) is -0.197. The molecule has 0 saturated carbocycles. The van der Waals surface area contributed by atoms with Crippen LogP contribution in [0, 0.1) is 10.1 Å². The van der Waals surface area contributed by atoms with E-state index in [0.717, 1.165) is 5.69 Å². The molecule has 0 radical (unpaired) electrons. The summed E-state index contributed by atoms with van der Waals surface area (Å²) in [5, 5.41) is 11.2. The van der Waals surface area contributed by atoms with Gasteiger partial charge in [-0.3, -0.25) is 19.9 Å². The minimum Gasteiger partial charge on any atom is -0.363 e. The number of ketones is 1. The molecule has 0 spiro atoms. The summed E-state index contributed by atoms with van der Waals surface area (Å²) in [6.45, 7) is 1.83. The summed E-state index contributed by atoms with van der Waals surface area (Å²) in [6.07, 6.45) is 1.68. The highest BCUT2D eigenvalue weighted by molar-refractivity contribution is 5.95. The number of carbonyl (C=O) groups excluding carboxylic acids is 1.